The van der Waals surface area contributed by atoms with E-state index in [0.29, 0.717) is 6.42 Å². The summed E-state index contributed by atoms with van der Waals surface area (Å²) in [6.07, 6.45) is 0.548. The highest BCUT2D eigenvalue weighted by molar-refractivity contribution is 9.10. The lowest BCUT2D eigenvalue weighted by Gasteiger charge is -2.42. The molecular formula is C15H20BrNO2. The highest BCUT2D eigenvalue weighted by Crippen LogP contribution is 2.21. The van der Waals surface area contributed by atoms with Gasteiger partial charge in [-0.25, -0.2) is 0 Å². The molecule has 2 rings (SSSR count). The Kier molecular flexibility index (Phi) is 4.76. The van der Waals surface area contributed by atoms with Gasteiger partial charge in [0.2, 0.25) is 0 Å². The fourth-order valence-electron chi connectivity index (χ4n) is 2.36. The van der Waals surface area contributed by atoms with E-state index in [9.17, 15) is 4.79 Å². The van der Waals surface area contributed by atoms with Gasteiger partial charge in [-0.05, 0) is 19.9 Å². The van der Waals surface area contributed by atoms with Crippen LogP contribution in [0.5, 0.6) is 0 Å². The number of ether oxygens (including phenoxy) is 1. The zero-order valence-corrected chi connectivity index (χ0v) is 13.1. The summed E-state index contributed by atoms with van der Waals surface area (Å²) in [4.78, 5) is 14.6. The minimum atomic E-state index is 0.0203. The van der Waals surface area contributed by atoms with E-state index in [-0.39, 0.29) is 11.3 Å². The van der Waals surface area contributed by atoms with Gasteiger partial charge in [0.15, 0.2) is 5.78 Å². The van der Waals surface area contributed by atoms with Gasteiger partial charge < -0.3 is 4.74 Å². The van der Waals surface area contributed by atoms with Crippen molar-refractivity contribution in [3.05, 3.63) is 34.3 Å². The number of rotatable bonds is 4. The second kappa shape index (κ2) is 6.16. The molecule has 4 heteroatoms. The third kappa shape index (κ3) is 3.65. The van der Waals surface area contributed by atoms with Crippen molar-refractivity contribution in [2.75, 3.05) is 26.3 Å². The van der Waals surface area contributed by atoms with E-state index in [1.807, 2.05) is 24.3 Å². The van der Waals surface area contributed by atoms with Crippen molar-refractivity contribution in [3.63, 3.8) is 0 Å². The SMILES string of the molecule is CC1(C)COCCN1CCC(=O)c1ccccc1Br. The van der Waals surface area contributed by atoms with Gasteiger partial charge in [-0.1, -0.05) is 34.1 Å². The van der Waals surface area contributed by atoms with Gasteiger partial charge in [0.25, 0.3) is 0 Å². The average molecular weight is 326 g/mol. The Morgan fingerprint density at radius 3 is 2.84 bits per heavy atom. The van der Waals surface area contributed by atoms with Crippen molar-refractivity contribution in [1.82, 2.24) is 4.90 Å². The number of Topliss-reactive ketones (excluding diaryl/α,β-unsaturated/α-hetero) is 1. The third-order valence-corrected chi connectivity index (χ3v) is 4.29. The first-order chi connectivity index (χ1) is 9.00. The summed E-state index contributed by atoms with van der Waals surface area (Å²) in [7, 11) is 0. The minimum absolute atomic E-state index is 0.0203. The molecule has 1 aliphatic heterocycles. The van der Waals surface area contributed by atoms with Crippen LogP contribution in [-0.4, -0.2) is 42.5 Å². The molecule has 0 N–H and O–H groups in total. The van der Waals surface area contributed by atoms with E-state index >= 15 is 0 Å². The molecule has 1 aromatic rings. The highest BCUT2D eigenvalue weighted by atomic mass is 79.9. The smallest absolute Gasteiger partial charge is 0.165 e. The quantitative estimate of drug-likeness (QED) is 0.796. The fourth-order valence-corrected chi connectivity index (χ4v) is 2.87. The molecule has 0 unspecified atom stereocenters. The van der Waals surface area contributed by atoms with E-state index in [1.165, 1.54) is 0 Å². The van der Waals surface area contributed by atoms with Gasteiger partial charge in [-0.15, -0.1) is 0 Å². The number of hydrogen-bond acceptors (Lipinski definition) is 3. The van der Waals surface area contributed by atoms with Crippen molar-refractivity contribution >= 4 is 21.7 Å². The summed E-state index contributed by atoms with van der Waals surface area (Å²) >= 11 is 3.43. The molecule has 0 radical (unpaired) electrons. The maximum absolute atomic E-state index is 12.2. The normalized spacial score (nSPS) is 19.3. The van der Waals surface area contributed by atoms with Crippen LogP contribution in [0.4, 0.5) is 0 Å². The van der Waals surface area contributed by atoms with Crippen molar-refractivity contribution in [3.8, 4) is 0 Å². The summed E-state index contributed by atoms with van der Waals surface area (Å²) in [6.45, 7) is 7.50. The average Bonchev–Trinajstić information content (AvgIpc) is 2.37. The Balaban J connectivity index is 1.95. The maximum Gasteiger partial charge on any atom is 0.165 e. The topological polar surface area (TPSA) is 29.5 Å². The van der Waals surface area contributed by atoms with Crippen molar-refractivity contribution in [2.24, 2.45) is 0 Å². The van der Waals surface area contributed by atoms with E-state index in [2.05, 4.69) is 34.7 Å². The first kappa shape index (κ1) is 14.7. The standard InChI is InChI=1S/C15H20BrNO2/c1-15(2)11-19-10-9-17(15)8-7-14(18)12-5-3-4-6-13(12)16/h3-6H,7-11H2,1-2H3. The molecule has 1 fully saturated rings. The number of nitrogens with zero attached hydrogens (tertiary/aromatic N) is 1. The molecule has 1 aliphatic rings. The summed E-state index contributed by atoms with van der Waals surface area (Å²) in [5, 5.41) is 0. The number of carbonyl (C=O) groups is 1. The molecule has 1 heterocycles. The first-order valence-corrected chi connectivity index (χ1v) is 7.40. The zero-order valence-electron chi connectivity index (χ0n) is 11.5. The van der Waals surface area contributed by atoms with Crippen molar-refractivity contribution < 1.29 is 9.53 Å². The van der Waals surface area contributed by atoms with Crippen LogP contribution < -0.4 is 0 Å². The summed E-state index contributed by atoms with van der Waals surface area (Å²) in [6, 6.07) is 7.60. The fraction of sp³-hybridized carbons (Fsp3) is 0.533. The van der Waals surface area contributed by atoms with Crippen LogP contribution in [-0.2, 0) is 4.74 Å². The van der Waals surface area contributed by atoms with E-state index in [1.54, 1.807) is 0 Å². The number of benzene rings is 1. The molecule has 0 atom stereocenters. The van der Waals surface area contributed by atoms with Crippen LogP contribution in [0.3, 0.4) is 0 Å². The molecule has 1 aromatic carbocycles. The Morgan fingerprint density at radius 1 is 1.42 bits per heavy atom. The lowest BCUT2D eigenvalue weighted by atomic mass is 10.0. The first-order valence-electron chi connectivity index (χ1n) is 6.61. The Hall–Kier alpha value is -0.710. The van der Waals surface area contributed by atoms with Crippen molar-refractivity contribution in [2.45, 2.75) is 25.8 Å². The largest absolute Gasteiger partial charge is 0.378 e. The van der Waals surface area contributed by atoms with Crippen LogP contribution in [0.2, 0.25) is 0 Å². The number of morpholine rings is 1. The molecule has 104 valence electrons. The molecule has 0 amide bonds. The predicted molar refractivity (Wildman–Crippen MR) is 79.6 cm³/mol. The summed E-state index contributed by atoms with van der Waals surface area (Å²) in [5.74, 6) is 0.190. The Morgan fingerprint density at radius 2 is 2.16 bits per heavy atom. The molecule has 0 spiro atoms. The van der Waals surface area contributed by atoms with Gasteiger partial charge in [0.05, 0.1) is 13.2 Å². The second-order valence-corrected chi connectivity index (χ2v) is 6.36. The Labute approximate surface area is 123 Å². The van der Waals surface area contributed by atoms with Gasteiger partial charge in [0.1, 0.15) is 0 Å². The number of carbonyl (C=O) groups excluding carboxylic acids is 1. The molecule has 0 saturated carbocycles. The van der Waals surface area contributed by atoms with Crippen LogP contribution in [0.15, 0.2) is 28.7 Å². The third-order valence-electron chi connectivity index (χ3n) is 3.60. The predicted octanol–water partition coefficient (Wildman–Crippen LogP) is 3.13. The van der Waals surface area contributed by atoms with E-state index in [0.717, 1.165) is 36.3 Å². The second-order valence-electron chi connectivity index (χ2n) is 5.51. The van der Waals surface area contributed by atoms with Gasteiger partial charge in [0, 0.05) is 35.1 Å². The number of ketones is 1. The van der Waals surface area contributed by atoms with Crippen LogP contribution in [0, 0.1) is 0 Å². The van der Waals surface area contributed by atoms with Crippen LogP contribution in [0.1, 0.15) is 30.6 Å². The van der Waals surface area contributed by atoms with Crippen LogP contribution in [0.25, 0.3) is 0 Å². The summed E-state index contributed by atoms with van der Waals surface area (Å²) in [5.41, 5.74) is 0.792. The lowest BCUT2D eigenvalue weighted by molar-refractivity contribution is -0.0502. The van der Waals surface area contributed by atoms with Crippen molar-refractivity contribution in [1.29, 1.82) is 0 Å². The maximum atomic E-state index is 12.2. The molecule has 1 saturated heterocycles. The molecular weight excluding hydrogens is 306 g/mol. The highest BCUT2D eigenvalue weighted by Gasteiger charge is 2.30. The van der Waals surface area contributed by atoms with Crippen LogP contribution >= 0.6 is 15.9 Å². The summed E-state index contributed by atoms with van der Waals surface area (Å²) < 4.78 is 6.37. The van der Waals surface area contributed by atoms with E-state index in [4.69, 9.17) is 4.74 Å². The van der Waals surface area contributed by atoms with Gasteiger partial charge in [-0.2, -0.15) is 0 Å². The van der Waals surface area contributed by atoms with Gasteiger partial charge in [-0.3, -0.25) is 9.69 Å². The number of halogens is 1. The minimum Gasteiger partial charge on any atom is -0.378 e. The molecule has 0 bridgehead atoms. The van der Waals surface area contributed by atoms with E-state index < -0.39 is 0 Å². The van der Waals surface area contributed by atoms with Gasteiger partial charge >= 0.3 is 0 Å². The number of hydrogen-bond donors (Lipinski definition) is 0. The lowest BCUT2D eigenvalue weighted by Crippen LogP contribution is -2.53. The Bertz CT molecular complexity index is 459. The molecule has 0 aliphatic carbocycles. The monoisotopic (exact) mass is 325 g/mol. The molecule has 3 nitrogen and oxygen atoms in total. The zero-order chi connectivity index (χ0) is 13.9. The molecule has 19 heavy (non-hydrogen) atoms. The molecule has 0 aromatic heterocycles.